The summed E-state index contributed by atoms with van der Waals surface area (Å²) in [6, 6.07) is 4.66. The van der Waals surface area contributed by atoms with Crippen molar-refractivity contribution in [2.75, 3.05) is 6.54 Å². The smallest absolute Gasteiger partial charge is 0.337 e. The molecule has 0 aliphatic rings. The van der Waals surface area contributed by atoms with E-state index in [1.54, 1.807) is 12.1 Å². The molecule has 0 saturated heterocycles. The van der Waals surface area contributed by atoms with Crippen molar-refractivity contribution in [1.29, 1.82) is 0 Å². The standard InChI is InChI=1S/C12H12N4O4/c13-16-15-5-10(17)11(18)6-1-2-9-7(3-6)8(4-14-9)12(19)20/h1-4,10-11,14,17-18H,5H2,(H,19,20). The third-order valence-corrected chi connectivity index (χ3v) is 2.97. The van der Waals surface area contributed by atoms with Gasteiger partial charge >= 0.3 is 5.97 Å². The van der Waals surface area contributed by atoms with Gasteiger partial charge < -0.3 is 20.3 Å². The van der Waals surface area contributed by atoms with E-state index >= 15 is 0 Å². The van der Waals surface area contributed by atoms with Crippen molar-refractivity contribution in [2.45, 2.75) is 12.2 Å². The highest BCUT2D eigenvalue weighted by Gasteiger charge is 2.19. The number of aliphatic hydroxyl groups excluding tert-OH is 2. The molecule has 2 unspecified atom stereocenters. The summed E-state index contributed by atoms with van der Waals surface area (Å²) in [6.45, 7) is -0.269. The van der Waals surface area contributed by atoms with Crippen LogP contribution in [0.25, 0.3) is 21.3 Å². The number of aromatic amines is 1. The van der Waals surface area contributed by atoms with E-state index in [1.165, 1.54) is 12.3 Å². The molecule has 0 aliphatic heterocycles. The van der Waals surface area contributed by atoms with Crippen molar-refractivity contribution in [1.82, 2.24) is 4.98 Å². The van der Waals surface area contributed by atoms with Crippen LogP contribution < -0.4 is 0 Å². The molecule has 0 aliphatic carbocycles. The summed E-state index contributed by atoms with van der Waals surface area (Å²) in [5, 5.41) is 32.3. The number of benzene rings is 1. The summed E-state index contributed by atoms with van der Waals surface area (Å²) in [5.41, 5.74) is 9.22. The molecule has 2 atom stereocenters. The molecular weight excluding hydrogens is 264 g/mol. The lowest BCUT2D eigenvalue weighted by Crippen LogP contribution is -2.21. The Morgan fingerprint density at radius 1 is 1.45 bits per heavy atom. The van der Waals surface area contributed by atoms with Gasteiger partial charge in [-0.1, -0.05) is 11.2 Å². The first-order valence-corrected chi connectivity index (χ1v) is 5.76. The number of aliphatic hydroxyl groups is 2. The zero-order valence-electron chi connectivity index (χ0n) is 10.3. The minimum Gasteiger partial charge on any atom is -0.478 e. The molecule has 20 heavy (non-hydrogen) atoms. The maximum absolute atomic E-state index is 11.0. The van der Waals surface area contributed by atoms with Crippen molar-refractivity contribution in [3.05, 3.63) is 46.0 Å². The molecule has 1 aromatic carbocycles. The van der Waals surface area contributed by atoms with Crippen LogP contribution in [0.3, 0.4) is 0 Å². The Morgan fingerprint density at radius 2 is 2.20 bits per heavy atom. The van der Waals surface area contributed by atoms with Gasteiger partial charge in [-0.3, -0.25) is 0 Å². The van der Waals surface area contributed by atoms with Crippen molar-refractivity contribution in [2.24, 2.45) is 5.11 Å². The van der Waals surface area contributed by atoms with Crippen LogP contribution in [0.5, 0.6) is 0 Å². The number of aromatic nitrogens is 1. The quantitative estimate of drug-likeness (QED) is 0.373. The Kier molecular flexibility index (Phi) is 3.90. The van der Waals surface area contributed by atoms with E-state index in [9.17, 15) is 15.0 Å². The number of carboxylic acids is 1. The first kappa shape index (κ1) is 13.9. The second-order valence-electron chi connectivity index (χ2n) is 4.24. The second-order valence-corrected chi connectivity index (χ2v) is 4.24. The lowest BCUT2D eigenvalue weighted by atomic mass is 10.0. The molecule has 0 spiro atoms. The fourth-order valence-corrected chi connectivity index (χ4v) is 1.94. The van der Waals surface area contributed by atoms with Crippen molar-refractivity contribution in [3.63, 3.8) is 0 Å². The van der Waals surface area contributed by atoms with Crippen LogP contribution in [0.15, 0.2) is 29.5 Å². The Balaban J connectivity index is 2.37. The summed E-state index contributed by atoms with van der Waals surface area (Å²) >= 11 is 0. The van der Waals surface area contributed by atoms with Gasteiger partial charge in [-0.2, -0.15) is 0 Å². The van der Waals surface area contributed by atoms with E-state index < -0.39 is 18.2 Å². The fourth-order valence-electron chi connectivity index (χ4n) is 1.94. The van der Waals surface area contributed by atoms with Crippen LogP contribution in [-0.2, 0) is 0 Å². The van der Waals surface area contributed by atoms with E-state index in [1.807, 2.05) is 0 Å². The van der Waals surface area contributed by atoms with Gasteiger partial charge in [-0.15, -0.1) is 0 Å². The highest BCUT2D eigenvalue weighted by Crippen LogP contribution is 2.25. The number of rotatable bonds is 5. The van der Waals surface area contributed by atoms with E-state index in [4.69, 9.17) is 10.6 Å². The molecule has 2 rings (SSSR count). The number of aromatic carboxylic acids is 1. The van der Waals surface area contributed by atoms with E-state index in [0.717, 1.165) is 0 Å². The average molecular weight is 276 g/mol. The third-order valence-electron chi connectivity index (χ3n) is 2.97. The summed E-state index contributed by atoms with van der Waals surface area (Å²) in [5.74, 6) is -1.09. The molecule has 1 heterocycles. The number of nitrogens with one attached hydrogen (secondary N) is 1. The summed E-state index contributed by atoms with van der Waals surface area (Å²) in [6.07, 6.45) is -1.16. The molecule has 0 amide bonds. The van der Waals surface area contributed by atoms with Crippen LogP contribution in [-0.4, -0.2) is 38.9 Å². The molecule has 0 bridgehead atoms. The monoisotopic (exact) mass is 276 g/mol. The normalized spacial score (nSPS) is 13.7. The molecule has 8 nitrogen and oxygen atoms in total. The molecule has 104 valence electrons. The molecule has 8 heteroatoms. The van der Waals surface area contributed by atoms with E-state index in [2.05, 4.69) is 15.0 Å². The highest BCUT2D eigenvalue weighted by atomic mass is 16.4. The Bertz CT molecular complexity index is 690. The van der Waals surface area contributed by atoms with Gasteiger partial charge in [0.15, 0.2) is 0 Å². The first-order valence-electron chi connectivity index (χ1n) is 5.76. The van der Waals surface area contributed by atoms with Crippen LogP contribution in [0.1, 0.15) is 22.0 Å². The van der Waals surface area contributed by atoms with Gasteiger partial charge in [0.05, 0.1) is 18.2 Å². The second kappa shape index (κ2) is 5.62. The number of carbonyl (C=O) groups is 1. The number of nitrogens with zero attached hydrogens (tertiary/aromatic N) is 3. The van der Waals surface area contributed by atoms with Gasteiger partial charge in [-0.05, 0) is 23.2 Å². The zero-order valence-corrected chi connectivity index (χ0v) is 10.3. The van der Waals surface area contributed by atoms with Crippen LogP contribution >= 0.6 is 0 Å². The van der Waals surface area contributed by atoms with Crippen LogP contribution in [0.2, 0.25) is 0 Å². The maximum atomic E-state index is 11.0. The van der Waals surface area contributed by atoms with Crippen molar-refractivity contribution in [3.8, 4) is 0 Å². The molecule has 0 radical (unpaired) electrons. The lowest BCUT2D eigenvalue weighted by molar-refractivity contribution is 0.0245. The number of carboxylic acid groups (broad SMARTS) is 1. The minimum atomic E-state index is -1.26. The summed E-state index contributed by atoms with van der Waals surface area (Å²) in [7, 11) is 0. The SMILES string of the molecule is [N-]=[N+]=NCC(O)C(O)c1ccc2[nH]cc(C(=O)O)c2c1. The maximum Gasteiger partial charge on any atom is 0.337 e. The minimum absolute atomic E-state index is 0.0820. The Morgan fingerprint density at radius 3 is 2.85 bits per heavy atom. The van der Waals surface area contributed by atoms with Crippen molar-refractivity contribution >= 4 is 16.9 Å². The Hall–Kier alpha value is -2.54. The predicted octanol–water partition coefficient (Wildman–Crippen LogP) is 1.57. The number of hydrogen-bond acceptors (Lipinski definition) is 4. The van der Waals surface area contributed by atoms with Crippen LogP contribution in [0.4, 0.5) is 0 Å². The first-order chi connectivity index (χ1) is 9.54. The molecule has 4 N–H and O–H groups in total. The average Bonchev–Trinajstić information content (AvgIpc) is 2.86. The molecule has 0 saturated carbocycles. The number of H-pyrrole nitrogens is 1. The topological polar surface area (TPSA) is 142 Å². The van der Waals surface area contributed by atoms with Gasteiger partial charge in [-0.25, -0.2) is 4.79 Å². The predicted molar refractivity (Wildman–Crippen MR) is 70.2 cm³/mol. The van der Waals surface area contributed by atoms with E-state index in [-0.39, 0.29) is 12.1 Å². The molecular formula is C12H12N4O4. The molecule has 2 aromatic rings. The van der Waals surface area contributed by atoms with Crippen molar-refractivity contribution < 1.29 is 20.1 Å². The largest absolute Gasteiger partial charge is 0.478 e. The zero-order chi connectivity index (χ0) is 14.7. The lowest BCUT2D eigenvalue weighted by Gasteiger charge is -2.16. The number of fused-ring (bicyclic) bond motifs is 1. The Labute approximate surface area is 112 Å². The highest BCUT2D eigenvalue weighted by molar-refractivity contribution is 6.03. The van der Waals surface area contributed by atoms with Gasteiger partial charge in [0.25, 0.3) is 0 Å². The fraction of sp³-hybridized carbons (Fsp3) is 0.250. The summed E-state index contributed by atoms with van der Waals surface area (Å²) < 4.78 is 0. The number of azide groups is 1. The summed E-state index contributed by atoms with van der Waals surface area (Å²) in [4.78, 5) is 16.4. The van der Waals surface area contributed by atoms with Gasteiger partial charge in [0, 0.05) is 22.0 Å². The van der Waals surface area contributed by atoms with Gasteiger partial charge in [0.1, 0.15) is 6.10 Å². The third kappa shape index (κ3) is 2.57. The molecule has 1 aromatic heterocycles. The van der Waals surface area contributed by atoms with E-state index in [0.29, 0.717) is 16.5 Å². The van der Waals surface area contributed by atoms with Crippen LogP contribution in [0, 0.1) is 0 Å². The van der Waals surface area contributed by atoms with Gasteiger partial charge in [0.2, 0.25) is 0 Å². The molecule has 0 fully saturated rings. The number of hydrogen-bond donors (Lipinski definition) is 4.